The number of nitrogens with two attached hydrogens (primary N) is 4. The van der Waals surface area contributed by atoms with Crippen LogP contribution in [0.25, 0.3) is 0 Å². The van der Waals surface area contributed by atoms with E-state index in [0.29, 0.717) is 152 Å². The second-order valence-electron chi connectivity index (χ2n) is 11.9. The minimum atomic E-state index is -0.331. The lowest BCUT2D eigenvalue weighted by molar-refractivity contribution is -0.0881. The maximum Gasteiger partial charge on any atom is 0.104 e. The number of hydrogen-bond acceptors (Lipinski definition) is 17. The number of nitrogens with one attached hydrogen (secondary N) is 1. The molecular formula is C36H71N5O12. The van der Waals surface area contributed by atoms with E-state index in [4.69, 9.17) is 79.8 Å². The van der Waals surface area contributed by atoms with Gasteiger partial charge in [-0.1, -0.05) is 24.3 Å². The highest BCUT2D eigenvalue weighted by molar-refractivity contribution is 5.21. The monoisotopic (exact) mass is 766 g/mol. The molecule has 1 rings (SSSR count). The maximum absolute atomic E-state index is 5.95. The molecule has 0 fully saturated rings. The molecule has 53 heavy (non-hydrogen) atoms. The molecule has 17 nitrogen and oxygen atoms in total. The van der Waals surface area contributed by atoms with Crippen LogP contribution in [0.2, 0.25) is 0 Å². The fourth-order valence-corrected chi connectivity index (χ4v) is 4.31. The summed E-state index contributed by atoms with van der Waals surface area (Å²) in [7, 11) is 0. The minimum absolute atomic E-state index is 0.223. The molecule has 312 valence electrons. The van der Waals surface area contributed by atoms with Crippen LogP contribution in [0.1, 0.15) is 25.0 Å². The number of hydrogen-bond donors (Lipinski definition) is 5. The van der Waals surface area contributed by atoms with E-state index in [0.717, 1.165) is 12.1 Å². The SMILES string of the molecule is CC(N)OCCOCC(COCCOC(C)N)OCCOCc1ccc(CNCCOCCOC(COCCOCCN)COCCOCCN)cc1. The van der Waals surface area contributed by atoms with Crippen LogP contribution >= 0.6 is 0 Å². The Labute approximate surface area is 317 Å². The summed E-state index contributed by atoms with van der Waals surface area (Å²) in [6.45, 7) is 14.8. The van der Waals surface area contributed by atoms with Crippen molar-refractivity contribution in [2.75, 3.05) is 145 Å². The molecule has 0 spiro atoms. The summed E-state index contributed by atoms with van der Waals surface area (Å²) in [5, 5.41) is 3.40. The first kappa shape index (κ1) is 49.6. The standard InChI is InChI=1S/C36H71N5O12/c1-31(39)50-21-18-48-29-36(30-49-19-22-51-32(2)40)53-24-20-45-26-34-5-3-33(4-6-34)25-41-9-12-44-17-23-52-35(27-46-15-13-42-10-7-37)28-47-16-14-43-11-8-38/h3-6,31-32,35-36,41H,7-30,37-40H2,1-2H3. The zero-order valence-corrected chi connectivity index (χ0v) is 32.3. The average molecular weight is 766 g/mol. The van der Waals surface area contributed by atoms with Gasteiger partial charge < -0.3 is 85.1 Å². The van der Waals surface area contributed by atoms with Gasteiger partial charge in [0.1, 0.15) is 24.7 Å². The van der Waals surface area contributed by atoms with Gasteiger partial charge in [0.25, 0.3) is 0 Å². The lowest BCUT2D eigenvalue weighted by Crippen LogP contribution is -2.30. The molecule has 1 aromatic carbocycles. The van der Waals surface area contributed by atoms with E-state index in [-0.39, 0.29) is 24.7 Å². The van der Waals surface area contributed by atoms with Gasteiger partial charge >= 0.3 is 0 Å². The van der Waals surface area contributed by atoms with E-state index in [9.17, 15) is 0 Å². The van der Waals surface area contributed by atoms with Crippen molar-refractivity contribution in [2.45, 2.75) is 51.7 Å². The number of benzene rings is 1. The van der Waals surface area contributed by atoms with Crippen LogP contribution in [-0.2, 0) is 70.0 Å². The van der Waals surface area contributed by atoms with Crippen molar-refractivity contribution in [1.82, 2.24) is 5.32 Å². The molecular weight excluding hydrogens is 694 g/mol. The van der Waals surface area contributed by atoms with Crippen LogP contribution in [0.3, 0.4) is 0 Å². The summed E-state index contributed by atoms with van der Waals surface area (Å²) in [6.07, 6.45) is -1.14. The van der Waals surface area contributed by atoms with Crippen LogP contribution in [0.15, 0.2) is 24.3 Å². The highest BCUT2D eigenvalue weighted by atomic mass is 16.6. The summed E-state index contributed by atoms with van der Waals surface area (Å²) in [5.41, 5.74) is 24.3. The molecule has 0 saturated heterocycles. The van der Waals surface area contributed by atoms with Crippen molar-refractivity contribution in [2.24, 2.45) is 22.9 Å². The Bertz CT molecular complexity index is 861. The van der Waals surface area contributed by atoms with Crippen LogP contribution in [-0.4, -0.2) is 170 Å². The van der Waals surface area contributed by atoms with Gasteiger partial charge in [-0.15, -0.1) is 0 Å². The van der Waals surface area contributed by atoms with Crippen LogP contribution < -0.4 is 28.3 Å². The normalized spacial score (nSPS) is 13.6. The van der Waals surface area contributed by atoms with E-state index < -0.39 is 0 Å². The first-order valence-electron chi connectivity index (χ1n) is 18.7. The summed E-state index contributed by atoms with van der Waals surface area (Å²) >= 11 is 0. The minimum Gasteiger partial charge on any atom is -0.378 e. The lowest BCUT2D eigenvalue weighted by atomic mass is 10.1. The third-order valence-corrected chi connectivity index (χ3v) is 6.91. The van der Waals surface area contributed by atoms with E-state index in [1.807, 2.05) is 0 Å². The Balaban J connectivity index is 2.20. The largest absolute Gasteiger partial charge is 0.378 e. The third-order valence-electron chi connectivity index (χ3n) is 6.91. The molecule has 0 radical (unpaired) electrons. The zero-order chi connectivity index (χ0) is 38.5. The molecule has 0 amide bonds. The summed E-state index contributed by atoms with van der Waals surface area (Å²) < 4.78 is 67.5. The van der Waals surface area contributed by atoms with E-state index in [1.54, 1.807) is 13.8 Å². The fourth-order valence-electron chi connectivity index (χ4n) is 4.31. The van der Waals surface area contributed by atoms with Crippen molar-refractivity contribution < 1.29 is 56.8 Å². The van der Waals surface area contributed by atoms with Gasteiger partial charge in [-0.25, -0.2) is 0 Å². The Kier molecular flexibility index (Phi) is 35.0. The van der Waals surface area contributed by atoms with E-state index >= 15 is 0 Å². The maximum atomic E-state index is 5.95. The molecule has 9 N–H and O–H groups in total. The molecule has 0 aliphatic carbocycles. The van der Waals surface area contributed by atoms with Gasteiger partial charge in [-0.2, -0.15) is 0 Å². The topological polar surface area (TPSA) is 227 Å². The lowest BCUT2D eigenvalue weighted by Gasteiger charge is -2.19. The molecule has 0 aliphatic rings. The van der Waals surface area contributed by atoms with Gasteiger partial charge in [-0.05, 0) is 25.0 Å². The zero-order valence-electron chi connectivity index (χ0n) is 32.3. The van der Waals surface area contributed by atoms with Crippen molar-refractivity contribution in [3.63, 3.8) is 0 Å². The Hall–Kier alpha value is -1.46. The van der Waals surface area contributed by atoms with Crippen molar-refractivity contribution in [3.05, 3.63) is 35.4 Å². The molecule has 0 aliphatic heterocycles. The second kappa shape index (κ2) is 37.5. The van der Waals surface area contributed by atoms with Crippen molar-refractivity contribution in [3.8, 4) is 0 Å². The quantitative estimate of drug-likeness (QED) is 0.0427. The molecule has 0 saturated carbocycles. The van der Waals surface area contributed by atoms with E-state index in [2.05, 4.69) is 29.6 Å². The molecule has 0 aromatic heterocycles. The molecule has 2 unspecified atom stereocenters. The first-order chi connectivity index (χ1) is 25.9. The number of rotatable bonds is 41. The molecule has 0 bridgehead atoms. The van der Waals surface area contributed by atoms with Gasteiger partial charge in [-0.3, -0.25) is 0 Å². The van der Waals surface area contributed by atoms with Crippen LogP contribution in [0, 0.1) is 0 Å². The predicted octanol–water partition coefficient (Wildman–Crippen LogP) is -0.261. The molecule has 17 heteroatoms. The summed E-state index contributed by atoms with van der Waals surface area (Å²) in [4.78, 5) is 0. The number of ether oxygens (including phenoxy) is 12. The summed E-state index contributed by atoms with van der Waals surface area (Å²) in [6, 6.07) is 8.31. The van der Waals surface area contributed by atoms with Gasteiger partial charge in [0.2, 0.25) is 0 Å². The molecule has 0 heterocycles. The second-order valence-corrected chi connectivity index (χ2v) is 11.9. The molecule has 2 atom stereocenters. The van der Waals surface area contributed by atoms with Crippen LogP contribution in [0.5, 0.6) is 0 Å². The smallest absolute Gasteiger partial charge is 0.104 e. The highest BCUT2D eigenvalue weighted by Crippen LogP contribution is 2.06. The highest BCUT2D eigenvalue weighted by Gasteiger charge is 2.12. The van der Waals surface area contributed by atoms with Gasteiger partial charge in [0, 0.05) is 26.2 Å². The Morgan fingerprint density at radius 1 is 0.453 bits per heavy atom. The third kappa shape index (κ3) is 33.6. The van der Waals surface area contributed by atoms with E-state index in [1.165, 1.54) is 5.56 Å². The summed E-state index contributed by atoms with van der Waals surface area (Å²) in [5.74, 6) is 0. The average Bonchev–Trinajstić information content (AvgIpc) is 3.14. The van der Waals surface area contributed by atoms with Gasteiger partial charge in [0.05, 0.1) is 132 Å². The van der Waals surface area contributed by atoms with Gasteiger partial charge in [0.15, 0.2) is 0 Å². The Morgan fingerprint density at radius 3 is 1.30 bits per heavy atom. The van der Waals surface area contributed by atoms with Crippen LogP contribution in [0.4, 0.5) is 0 Å². The fraction of sp³-hybridized carbons (Fsp3) is 0.833. The first-order valence-corrected chi connectivity index (χ1v) is 18.7. The predicted molar refractivity (Wildman–Crippen MR) is 200 cm³/mol. The molecule has 1 aromatic rings. The van der Waals surface area contributed by atoms with Crippen molar-refractivity contribution >= 4 is 0 Å². The van der Waals surface area contributed by atoms with Crippen molar-refractivity contribution in [1.29, 1.82) is 0 Å². The Morgan fingerprint density at radius 2 is 0.830 bits per heavy atom.